The van der Waals surface area contributed by atoms with Crippen LogP contribution in [0.1, 0.15) is 29.5 Å². The minimum absolute atomic E-state index is 0.101. The summed E-state index contributed by atoms with van der Waals surface area (Å²) < 4.78 is 19.3. The highest BCUT2D eigenvalue weighted by Crippen LogP contribution is 2.39. The highest BCUT2D eigenvalue weighted by molar-refractivity contribution is 5.55. The molecule has 3 nitrogen and oxygen atoms in total. The van der Waals surface area contributed by atoms with Crippen LogP contribution in [0.4, 0.5) is 4.39 Å². The third-order valence-corrected chi connectivity index (χ3v) is 4.05. The Kier molecular flexibility index (Phi) is 4.30. The number of aromatic hydroxyl groups is 1. The summed E-state index contributed by atoms with van der Waals surface area (Å²) in [7, 11) is 1.46. The lowest BCUT2D eigenvalue weighted by Gasteiger charge is -2.25. The third kappa shape index (κ3) is 2.68. The number of benzene rings is 1. The Hall–Kier alpha value is -1.29. The predicted molar refractivity (Wildman–Crippen MR) is 73.4 cm³/mol. The minimum Gasteiger partial charge on any atom is -0.504 e. The molecule has 1 fully saturated rings. The summed E-state index contributed by atoms with van der Waals surface area (Å²) in [6.07, 6.45) is 2.94. The lowest BCUT2D eigenvalue weighted by molar-refractivity contribution is 0.348. The van der Waals surface area contributed by atoms with Crippen molar-refractivity contribution in [2.75, 3.05) is 20.2 Å². The summed E-state index contributed by atoms with van der Waals surface area (Å²) >= 11 is 0. The highest BCUT2D eigenvalue weighted by atomic mass is 19.1. The molecule has 1 unspecified atom stereocenters. The molecule has 2 N–H and O–H groups in total. The molecule has 1 aliphatic heterocycles. The zero-order valence-electron chi connectivity index (χ0n) is 11.8. The topological polar surface area (TPSA) is 41.5 Å². The molecule has 1 aliphatic rings. The summed E-state index contributed by atoms with van der Waals surface area (Å²) in [5.41, 5.74) is 1.61. The van der Waals surface area contributed by atoms with Crippen molar-refractivity contribution < 1.29 is 14.2 Å². The van der Waals surface area contributed by atoms with Gasteiger partial charge in [0, 0.05) is 11.1 Å². The Morgan fingerprint density at radius 1 is 1.37 bits per heavy atom. The van der Waals surface area contributed by atoms with E-state index in [2.05, 4.69) is 5.32 Å². The van der Waals surface area contributed by atoms with E-state index in [1.807, 2.05) is 0 Å². The van der Waals surface area contributed by atoms with E-state index in [1.165, 1.54) is 7.11 Å². The molecule has 1 aromatic rings. The summed E-state index contributed by atoms with van der Waals surface area (Å²) in [5.74, 6) is 0.546. The first-order chi connectivity index (χ1) is 9.06. The fraction of sp³-hybridized carbons (Fsp3) is 0.600. The van der Waals surface area contributed by atoms with Gasteiger partial charge in [0.2, 0.25) is 0 Å². The van der Waals surface area contributed by atoms with Crippen LogP contribution in [-0.2, 0) is 6.42 Å². The van der Waals surface area contributed by atoms with Crippen LogP contribution in [0, 0.1) is 25.6 Å². The van der Waals surface area contributed by atoms with Crippen molar-refractivity contribution in [3.8, 4) is 11.5 Å². The van der Waals surface area contributed by atoms with Gasteiger partial charge >= 0.3 is 0 Å². The molecular weight excluding hydrogens is 245 g/mol. The molecule has 0 amide bonds. The maximum Gasteiger partial charge on any atom is 0.166 e. The van der Waals surface area contributed by atoms with Gasteiger partial charge in [0.25, 0.3) is 0 Å². The molecule has 1 atom stereocenters. The minimum atomic E-state index is -0.270. The van der Waals surface area contributed by atoms with Crippen molar-refractivity contribution in [3.63, 3.8) is 0 Å². The second kappa shape index (κ2) is 5.78. The van der Waals surface area contributed by atoms with Crippen molar-refractivity contribution >= 4 is 0 Å². The number of piperidine rings is 1. The van der Waals surface area contributed by atoms with Gasteiger partial charge in [0.1, 0.15) is 5.82 Å². The number of hydrogen-bond acceptors (Lipinski definition) is 3. The number of phenols is 1. The zero-order chi connectivity index (χ0) is 14.0. The lowest BCUT2D eigenvalue weighted by atomic mass is 9.89. The first-order valence-corrected chi connectivity index (χ1v) is 6.81. The van der Waals surface area contributed by atoms with Crippen LogP contribution < -0.4 is 10.1 Å². The second-order valence-corrected chi connectivity index (χ2v) is 5.34. The first kappa shape index (κ1) is 14.1. The van der Waals surface area contributed by atoms with Gasteiger partial charge < -0.3 is 15.2 Å². The van der Waals surface area contributed by atoms with Gasteiger partial charge in [0.05, 0.1) is 7.11 Å². The highest BCUT2D eigenvalue weighted by Gasteiger charge is 2.23. The number of hydrogen-bond donors (Lipinski definition) is 2. The number of phenolic OH excluding ortho intramolecular Hbond substituents is 1. The van der Waals surface area contributed by atoms with Crippen molar-refractivity contribution in [2.24, 2.45) is 5.92 Å². The number of ether oxygens (including phenoxy) is 1. The van der Waals surface area contributed by atoms with Gasteiger partial charge in [0.15, 0.2) is 11.5 Å². The fourth-order valence-corrected chi connectivity index (χ4v) is 2.89. The van der Waals surface area contributed by atoms with E-state index in [4.69, 9.17) is 4.74 Å². The van der Waals surface area contributed by atoms with Crippen molar-refractivity contribution in [1.29, 1.82) is 0 Å². The van der Waals surface area contributed by atoms with E-state index < -0.39 is 0 Å². The average molecular weight is 267 g/mol. The Morgan fingerprint density at radius 2 is 2.11 bits per heavy atom. The van der Waals surface area contributed by atoms with Crippen LogP contribution in [0.2, 0.25) is 0 Å². The number of rotatable bonds is 3. The average Bonchev–Trinajstić information content (AvgIpc) is 2.43. The molecular formula is C15H22FNO2. The van der Waals surface area contributed by atoms with Crippen molar-refractivity contribution in [2.45, 2.75) is 33.1 Å². The lowest BCUT2D eigenvalue weighted by Crippen LogP contribution is -2.31. The second-order valence-electron chi connectivity index (χ2n) is 5.34. The van der Waals surface area contributed by atoms with Crippen LogP contribution in [0.5, 0.6) is 11.5 Å². The van der Waals surface area contributed by atoms with Crippen LogP contribution >= 0.6 is 0 Å². The summed E-state index contributed by atoms with van der Waals surface area (Å²) in [6.45, 7) is 5.34. The Bertz CT molecular complexity index is 468. The molecule has 2 rings (SSSR count). The van der Waals surface area contributed by atoms with E-state index in [0.717, 1.165) is 25.9 Å². The van der Waals surface area contributed by atoms with Crippen molar-refractivity contribution in [1.82, 2.24) is 5.32 Å². The molecule has 0 saturated carbocycles. The summed E-state index contributed by atoms with van der Waals surface area (Å²) in [5, 5.41) is 13.6. The molecule has 4 heteroatoms. The molecule has 1 saturated heterocycles. The van der Waals surface area contributed by atoms with Gasteiger partial charge in [-0.2, -0.15) is 0 Å². The van der Waals surface area contributed by atoms with E-state index >= 15 is 0 Å². The quantitative estimate of drug-likeness (QED) is 0.884. The van der Waals surface area contributed by atoms with Crippen LogP contribution in [-0.4, -0.2) is 25.3 Å². The number of methoxy groups -OCH3 is 1. The molecule has 19 heavy (non-hydrogen) atoms. The number of halogens is 1. The SMILES string of the molecule is COc1c(C)c(F)c(C)c(CC2CCCNC2)c1O. The molecule has 0 aromatic heterocycles. The largest absolute Gasteiger partial charge is 0.504 e. The van der Waals surface area contributed by atoms with Gasteiger partial charge in [-0.3, -0.25) is 0 Å². The molecule has 1 aromatic carbocycles. The zero-order valence-corrected chi connectivity index (χ0v) is 11.8. The molecule has 0 spiro atoms. The maximum atomic E-state index is 14.2. The van der Waals surface area contributed by atoms with Gasteiger partial charge in [-0.25, -0.2) is 4.39 Å². The Balaban J connectivity index is 2.35. The smallest absolute Gasteiger partial charge is 0.166 e. The third-order valence-electron chi connectivity index (χ3n) is 4.05. The van der Waals surface area contributed by atoms with Gasteiger partial charge in [-0.15, -0.1) is 0 Å². The molecule has 0 bridgehead atoms. The number of nitrogens with one attached hydrogen (secondary N) is 1. The summed E-state index contributed by atoms with van der Waals surface area (Å²) in [4.78, 5) is 0. The Labute approximate surface area is 113 Å². The van der Waals surface area contributed by atoms with Gasteiger partial charge in [-0.1, -0.05) is 0 Å². The molecule has 1 heterocycles. The van der Waals surface area contributed by atoms with Crippen molar-refractivity contribution in [3.05, 3.63) is 22.5 Å². The monoisotopic (exact) mass is 267 g/mol. The van der Waals surface area contributed by atoms with Crippen LogP contribution in [0.15, 0.2) is 0 Å². The molecule has 106 valence electrons. The molecule has 0 aliphatic carbocycles. The maximum absolute atomic E-state index is 14.2. The van der Waals surface area contributed by atoms with E-state index in [9.17, 15) is 9.50 Å². The normalized spacial score (nSPS) is 19.5. The van der Waals surface area contributed by atoms with Crippen LogP contribution in [0.3, 0.4) is 0 Å². The van der Waals surface area contributed by atoms with Gasteiger partial charge in [-0.05, 0) is 57.7 Å². The standard InChI is InChI=1S/C15H22FNO2/c1-9-12(7-11-5-4-6-17-8-11)14(18)15(19-3)10(2)13(9)16/h11,17-18H,4-8H2,1-3H3. The van der Waals surface area contributed by atoms with E-state index in [-0.39, 0.29) is 17.3 Å². The first-order valence-electron chi connectivity index (χ1n) is 6.81. The Morgan fingerprint density at radius 3 is 2.68 bits per heavy atom. The fourth-order valence-electron chi connectivity index (χ4n) is 2.89. The summed E-state index contributed by atoms with van der Waals surface area (Å²) in [6, 6.07) is 0. The molecule has 0 radical (unpaired) electrons. The van der Waals surface area contributed by atoms with E-state index in [0.29, 0.717) is 29.0 Å². The van der Waals surface area contributed by atoms with Crippen LogP contribution in [0.25, 0.3) is 0 Å². The van der Waals surface area contributed by atoms with E-state index in [1.54, 1.807) is 13.8 Å². The predicted octanol–water partition coefficient (Wildman–Crippen LogP) is 2.70.